The van der Waals surface area contributed by atoms with E-state index in [1.165, 1.54) is 19.3 Å². The second kappa shape index (κ2) is 8.12. The molecule has 92 valence electrons. The summed E-state index contributed by atoms with van der Waals surface area (Å²) < 4.78 is 5.58. The minimum absolute atomic E-state index is 0.328. The molecule has 0 aliphatic heterocycles. The Labute approximate surface area is 95.8 Å². The summed E-state index contributed by atoms with van der Waals surface area (Å²) in [6.07, 6.45) is 4.12. The number of hydrogen-bond donors (Lipinski definition) is 1. The molecule has 0 spiro atoms. The Morgan fingerprint density at radius 3 is 2.13 bits per heavy atom. The first-order valence-corrected chi connectivity index (χ1v) is 6.26. The fourth-order valence-electron chi connectivity index (χ4n) is 2.36. The van der Waals surface area contributed by atoms with Crippen molar-refractivity contribution in [3.8, 4) is 0 Å². The van der Waals surface area contributed by atoms with E-state index in [1.54, 1.807) is 0 Å². The molecule has 0 aromatic heterocycles. The summed E-state index contributed by atoms with van der Waals surface area (Å²) in [4.78, 5) is 0. The third kappa shape index (κ3) is 5.53. The fraction of sp³-hybridized carbons (Fsp3) is 1.00. The Morgan fingerprint density at radius 2 is 1.80 bits per heavy atom. The van der Waals surface area contributed by atoms with E-state index in [4.69, 9.17) is 4.74 Å². The summed E-state index contributed by atoms with van der Waals surface area (Å²) in [7, 11) is 3.86. The van der Waals surface area contributed by atoms with Crippen LogP contribution in [0.4, 0.5) is 0 Å². The first-order chi connectivity index (χ1) is 7.06. The second-order valence-corrected chi connectivity index (χ2v) is 4.97. The number of ether oxygens (including phenoxy) is 1. The van der Waals surface area contributed by atoms with Gasteiger partial charge in [0.25, 0.3) is 0 Å². The average Bonchev–Trinajstić information content (AvgIpc) is 2.17. The molecule has 2 heteroatoms. The lowest BCUT2D eigenvalue weighted by atomic mass is 9.90. The molecule has 3 atom stereocenters. The van der Waals surface area contributed by atoms with Crippen LogP contribution in [-0.4, -0.2) is 26.3 Å². The zero-order chi connectivity index (χ0) is 11.8. The maximum atomic E-state index is 5.58. The third-order valence-corrected chi connectivity index (χ3v) is 3.13. The highest BCUT2D eigenvalue weighted by Gasteiger charge is 2.24. The highest BCUT2D eigenvalue weighted by molar-refractivity contribution is 4.79. The predicted octanol–water partition coefficient (Wildman–Crippen LogP) is 3.07. The molecule has 0 saturated heterocycles. The van der Waals surface area contributed by atoms with Crippen molar-refractivity contribution in [2.45, 2.75) is 59.1 Å². The van der Waals surface area contributed by atoms with Gasteiger partial charge in [0.05, 0.1) is 6.10 Å². The molecular formula is C13H29NO. The fourth-order valence-corrected chi connectivity index (χ4v) is 2.36. The molecule has 0 amide bonds. The van der Waals surface area contributed by atoms with Crippen molar-refractivity contribution in [2.24, 2.45) is 11.8 Å². The van der Waals surface area contributed by atoms with Gasteiger partial charge in [-0.1, -0.05) is 40.5 Å². The van der Waals surface area contributed by atoms with Gasteiger partial charge in [0.2, 0.25) is 0 Å². The van der Waals surface area contributed by atoms with E-state index in [0.29, 0.717) is 18.1 Å². The number of hydrogen-bond acceptors (Lipinski definition) is 2. The standard InChI is InChI=1S/C13H29NO/c1-7-8-11(4)9-12(14-5)13(15-6)10(2)3/h10-14H,7-9H2,1-6H3. The van der Waals surface area contributed by atoms with Crippen molar-refractivity contribution in [1.29, 1.82) is 0 Å². The van der Waals surface area contributed by atoms with Crippen molar-refractivity contribution in [3.63, 3.8) is 0 Å². The van der Waals surface area contributed by atoms with Crippen LogP contribution in [-0.2, 0) is 4.74 Å². The van der Waals surface area contributed by atoms with Gasteiger partial charge in [-0.25, -0.2) is 0 Å². The Bertz CT molecular complexity index is 147. The zero-order valence-corrected chi connectivity index (χ0v) is 11.3. The Balaban J connectivity index is 4.20. The van der Waals surface area contributed by atoms with Gasteiger partial charge in [-0.3, -0.25) is 0 Å². The van der Waals surface area contributed by atoms with E-state index in [-0.39, 0.29) is 0 Å². The van der Waals surface area contributed by atoms with Gasteiger partial charge in [-0.2, -0.15) is 0 Å². The lowest BCUT2D eigenvalue weighted by molar-refractivity contribution is 0.0284. The minimum atomic E-state index is 0.328. The van der Waals surface area contributed by atoms with Gasteiger partial charge >= 0.3 is 0 Å². The molecule has 3 unspecified atom stereocenters. The zero-order valence-electron chi connectivity index (χ0n) is 11.3. The molecule has 0 aliphatic rings. The summed E-state index contributed by atoms with van der Waals surface area (Å²) in [5.74, 6) is 1.35. The van der Waals surface area contributed by atoms with Crippen LogP contribution in [0.1, 0.15) is 47.0 Å². The normalized spacial score (nSPS) is 17.8. The summed E-state index contributed by atoms with van der Waals surface area (Å²) in [5.41, 5.74) is 0. The van der Waals surface area contributed by atoms with Crippen LogP contribution in [0.3, 0.4) is 0 Å². The lowest BCUT2D eigenvalue weighted by Crippen LogP contribution is -2.43. The Hall–Kier alpha value is -0.0800. The van der Waals surface area contributed by atoms with E-state index < -0.39 is 0 Å². The van der Waals surface area contributed by atoms with Gasteiger partial charge < -0.3 is 10.1 Å². The van der Waals surface area contributed by atoms with Gasteiger partial charge in [0.15, 0.2) is 0 Å². The topological polar surface area (TPSA) is 21.3 Å². The summed E-state index contributed by atoms with van der Waals surface area (Å²) in [6.45, 7) is 9.04. The average molecular weight is 215 g/mol. The smallest absolute Gasteiger partial charge is 0.0747 e. The van der Waals surface area contributed by atoms with Crippen molar-refractivity contribution in [2.75, 3.05) is 14.2 Å². The monoisotopic (exact) mass is 215 g/mol. The Morgan fingerprint density at radius 1 is 1.20 bits per heavy atom. The first-order valence-electron chi connectivity index (χ1n) is 6.26. The van der Waals surface area contributed by atoms with Gasteiger partial charge in [0, 0.05) is 13.2 Å². The van der Waals surface area contributed by atoms with E-state index in [1.807, 2.05) is 14.2 Å². The van der Waals surface area contributed by atoms with Crippen molar-refractivity contribution in [1.82, 2.24) is 5.32 Å². The van der Waals surface area contributed by atoms with Crippen LogP contribution in [0.5, 0.6) is 0 Å². The van der Waals surface area contributed by atoms with Crippen LogP contribution in [0.2, 0.25) is 0 Å². The molecule has 0 bridgehead atoms. The molecule has 0 heterocycles. The number of nitrogens with one attached hydrogen (secondary N) is 1. The SMILES string of the molecule is CCCC(C)CC(NC)C(OC)C(C)C. The molecule has 0 saturated carbocycles. The second-order valence-electron chi connectivity index (χ2n) is 4.97. The summed E-state index contributed by atoms with van der Waals surface area (Å²) >= 11 is 0. The van der Waals surface area contributed by atoms with Gasteiger partial charge in [0.1, 0.15) is 0 Å². The molecule has 0 fully saturated rings. The molecule has 2 nitrogen and oxygen atoms in total. The molecule has 15 heavy (non-hydrogen) atoms. The Kier molecular flexibility index (Phi) is 8.07. The van der Waals surface area contributed by atoms with Crippen LogP contribution >= 0.6 is 0 Å². The molecule has 0 aliphatic carbocycles. The van der Waals surface area contributed by atoms with Gasteiger partial charge in [-0.05, 0) is 25.3 Å². The molecular weight excluding hydrogens is 186 g/mol. The van der Waals surface area contributed by atoms with Crippen molar-refractivity contribution < 1.29 is 4.74 Å². The van der Waals surface area contributed by atoms with E-state index >= 15 is 0 Å². The quantitative estimate of drug-likeness (QED) is 0.672. The number of rotatable bonds is 8. The largest absolute Gasteiger partial charge is 0.380 e. The van der Waals surface area contributed by atoms with Crippen LogP contribution < -0.4 is 5.32 Å². The first kappa shape index (κ1) is 14.9. The van der Waals surface area contributed by atoms with E-state index in [9.17, 15) is 0 Å². The maximum Gasteiger partial charge on any atom is 0.0747 e. The van der Waals surface area contributed by atoms with E-state index in [2.05, 4.69) is 33.0 Å². The van der Waals surface area contributed by atoms with Crippen LogP contribution in [0.15, 0.2) is 0 Å². The number of likely N-dealkylation sites (N-methyl/N-ethyl adjacent to an activating group) is 1. The number of methoxy groups -OCH3 is 1. The molecule has 0 radical (unpaired) electrons. The predicted molar refractivity (Wildman–Crippen MR) is 67.2 cm³/mol. The summed E-state index contributed by atoms with van der Waals surface area (Å²) in [6, 6.07) is 0.483. The van der Waals surface area contributed by atoms with Crippen LogP contribution in [0, 0.1) is 11.8 Å². The maximum absolute atomic E-state index is 5.58. The lowest BCUT2D eigenvalue weighted by Gasteiger charge is -2.30. The molecule has 1 N–H and O–H groups in total. The third-order valence-electron chi connectivity index (χ3n) is 3.13. The summed E-state index contributed by atoms with van der Waals surface area (Å²) in [5, 5.41) is 3.40. The van der Waals surface area contributed by atoms with E-state index in [0.717, 1.165) is 5.92 Å². The minimum Gasteiger partial charge on any atom is -0.380 e. The van der Waals surface area contributed by atoms with Crippen molar-refractivity contribution >= 4 is 0 Å². The highest BCUT2D eigenvalue weighted by atomic mass is 16.5. The molecule has 0 aromatic carbocycles. The highest BCUT2D eigenvalue weighted by Crippen LogP contribution is 2.19. The molecule has 0 aromatic rings. The molecule has 0 rings (SSSR count). The van der Waals surface area contributed by atoms with Crippen molar-refractivity contribution in [3.05, 3.63) is 0 Å². The van der Waals surface area contributed by atoms with Crippen LogP contribution in [0.25, 0.3) is 0 Å². The van der Waals surface area contributed by atoms with Gasteiger partial charge in [-0.15, -0.1) is 0 Å².